The molecule has 246 valence electrons. The highest BCUT2D eigenvalue weighted by atomic mass is 16.5. The number of hydrogen-bond acceptors (Lipinski definition) is 10. The smallest absolute Gasteiger partial charge is 0.313 e. The summed E-state index contributed by atoms with van der Waals surface area (Å²) >= 11 is 0. The first-order valence-electron chi connectivity index (χ1n) is 15.3. The van der Waals surface area contributed by atoms with Crippen molar-refractivity contribution in [2.45, 2.75) is 90.5 Å². The summed E-state index contributed by atoms with van der Waals surface area (Å²) < 4.78 is 22.0. The minimum Gasteiger partial charge on any atom is -0.491 e. The van der Waals surface area contributed by atoms with Crippen molar-refractivity contribution in [1.82, 2.24) is 10.6 Å². The molecule has 0 saturated carbocycles. The minimum atomic E-state index is -0.816. The maximum absolute atomic E-state index is 12.7. The van der Waals surface area contributed by atoms with E-state index in [0.29, 0.717) is 36.6 Å². The van der Waals surface area contributed by atoms with Crippen LogP contribution in [0.15, 0.2) is 48.5 Å². The number of esters is 2. The molecule has 0 heterocycles. The van der Waals surface area contributed by atoms with Gasteiger partial charge in [-0.15, -0.1) is 0 Å². The van der Waals surface area contributed by atoms with Crippen LogP contribution in [0, 0.1) is 0 Å². The lowest BCUT2D eigenvalue weighted by Gasteiger charge is -2.23. The summed E-state index contributed by atoms with van der Waals surface area (Å²) in [6.45, 7) is 15.4. The molecule has 0 fully saturated rings. The Kier molecular flexibility index (Phi) is 15.1. The molecule has 2 rings (SSSR count). The molecular weight excluding hydrogens is 564 g/mol. The summed E-state index contributed by atoms with van der Waals surface area (Å²) in [6, 6.07) is 14.2. The average molecular weight is 617 g/mol. The predicted octanol–water partition coefficient (Wildman–Crippen LogP) is 3.76. The normalized spacial score (nSPS) is 13.9. The van der Waals surface area contributed by atoms with Crippen molar-refractivity contribution < 1.29 is 38.7 Å². The van der Waals surface area contributed by atoms with Gasteiger partial charge in [0.1, 0.15) is 36.9 Å². The molecule has 0 aromatic heterocycles. The van der Waals surface area contributed by atoms with Crippen LogP contribution in [0.2, 0.25) is 0 Å². The summed E-state index contributed by atoms with van der Waals surface area (Å²) in [5.74, 6) is -0.641. The number of aliphatic hydroxyl groups excluding tert-OH is 2. The number of rotatable bonds is 18. The number of carbonyl (C=O) groups excluding carboxylic acids is 2. The Labute approximate surface area is 262 Å². The molecule has 0 aliphatic heterocycles. The van der Waals surface area contributed by atoms with Crippen LogP contribution in [0.5, 0.6) is 11.5 Å². The number of ether oxygens (including phenoxy) is 4. The molecule has 0 bridgehead atoms. The second-order valence-corrected chi connectivity index (χ2v) is 12.9. The van der Waals surface area contributed by atoms with Crippen molar-refractivity contribution in [1.29, 1.82) is 0 Å². The lowest BCUT2D eigenvalue weighted by atomic mass is 9.95. The third-order valence-corrected chi connectivity index (χ3v) is 6.42. The van der Waals surface area contributed by atoms with Gasteiger partial charge >= 0.3 is 11.9 Å². The molecule has 3 unspecified atom stereocenters. The quantitative estimate of drug-likeness (QED) is 0.183. The highest BCUT2D eigenvalue weighted by molar-refractivity contribution is 5.84. The van der Waals surface area contributed by atoms with Gasteiger partial charge in [0.25, 0.3) is 0 Å². The summed E-state index contributed by atoms with van der Waals surface area (Å²) in [6.07, 6.45) is -0.965. The van der Waals surface area contributed by atoms with Gasteiger partial charge in [0.05, 0.1) is 25.6 Å². The Morgan fingerprint density at radius 2 is 1.23 bits per heavy atom. The second-order valence-electron chi connectivity index (χ2n) is 12.9. The van der Waals surface area contributed by atoms with Gasteiger partial charge in [0.2, 0.25) is 0 Å². The fourth-order valence-electron chi connectivity index (χ4n) is 3.99. The van der Waals surface area contributed by atoms with Gasteiger partial charge in [-0.3, -0.25) is 9.59 Å². The number of carbonyl (C=O) groups is 2. The molecule has 0 aliphatic rings. The molecule has 10 heteroatoms. The molecule has 44 heavy (non-hydrogen) atoms. The Balaban J connectivity index is 1.83. The third-order valence-electron chi connectivity index (χ3n) is 6.42. The molecule has 2 aromatic rings. The van der Waals surface area contributed by atoms with Crippen LogP contribution in [0.1, 0.15) is 71.9 Å². The minimum absolute atomic E-state index is 0.0809. The van der Waals surface area contributed by atoms with Gasteiger partial charge in [0, 0.05) is 30.6 Å². The number of hydrogen-bond donors (Lipinski definition) is 4. The van der Waals surface area contributed by atoms with Gasteiger partial charge in [-0.05, 0) is 83.9 Å². The number of nitrogens with one attached hydrogen (secondary N) is 2. The molecule has 2 aromatic carbocycles. The van der Waals surface area contributed by atoms with Crippen molar-refractivity contribution in [3.8, 4) is 11.5 Å². The number of β-amino-alcohol motifs (C(OH)–C–C–N with tert-alkyl or cyclic N) is 2. The molecule has 4 N–H and O–H groups in total. The van der Waals surface area contributed by atoms with Crippen molar-refractivity contribution in [2.75, 3.05) is 39.5 Å². The molecule has 3 atom stereocenters. The first-order chi connectivity index (χ1) is 20.6. The first kappa shape index (κ1) is 37.0. The highest BCUT2D eigenvalue weighted by Gasteiger charge is 2.26. The summed E-state index contributed by atoms with van der Waals surface area (Å²) in [5.41, 5.74) is 1.37. The summed E-state index contributed by atoms with van der Waals surface area (Å²) in [4.78, 5) is 25.4. The van der Waals surface area contributed by atoms with E-state index in [1.807, 2.05) is 65.8 Å². The molecule has 0 radical (unpaired) electrons. The molecule has 10 nitrogen and oxygen atoms in total. The van der Waals surface area contributed by atoms with E-state index in [2.05, 4.69) is 10.6 Å². The zero-order valence-corrected chi connectivity index (χ0v) is 27.4. The zero-order valence-electron chi connectivity index (χ0n) is 27.4. The molecule has 0 spiro atoms. The van der Waals surface area contributed by atoms with Crippen LogP contribution in [0.3, 0.4) is 0 Å². The van der Waals surface area contributed by atoms with E-state index in [-0.39, 0.29) is 43.9 Å². The maximum Gasteiger partial charge on any atom is 0.313 e. The van der Waals surface area contributed by atoms with Crippen LogP contribution >= 0.6 is 0 Å². The average Bonchev–Trinajstić information content (AvgIpc) is 2.96. The van der Waals surface area contributed by atoms with E-state index >= 15 is 0 Å². The first-order valence-corrected chi connectivity index (χ1v) is 15.3. The van der Waals surface area contributed by atoms with E-state index in [4.69, 9.17) is 18.9 Å². The van der Waals surface area contributed by atoms with Gasteiger partial charge in [-0.25, -0.2) is 0 Å². The van der Waals surface area contributed by atoms with Crippen molar-refractivity contribution in [2.24, 2.45) is 0 Å². The van der Waals surface area contributed by atoms with Crippen molar-refractivity contribution in [3.63, 3.8) is 0 Å². The third kappa shape index (κ3) is 15.5. The lowest BCUT2D eigenvalue weighted by molar-refractivity contribution is -0.151. The molecular formula is C34H52N2O8. The van der Waals surface area contributed by atoms with Crippen LogP contribution in [0.4, 0.5) is 0 Å². The number of aliphatic hydroxyl groups is 2. The zero-order chi connectivity index (χ0) is 32.8. The maximum atomic E-state index is 12.7. The van der Waals surface area contributed by atoms with Crippen molar-refractivity contribution >= 4 is 11.9 Å². The van der Waals surface area contributed by atoms with Gasteiger partial charge in [-0.1, -0.05) is 24.3 Å². The fourth-order valence-corrected chi connectivity index (χ4v) is 3.99. The molecule has 0 saturated heterocycles. The van der Waals surface area contributed by atoms with E-state index in [1.54, 1.807) is 31.2 Å². The van der Waals surface area contributed by atoms with Gasteiger partial charge in [0.15, 0.2) is 0 Å². The van der Waals surface area contributed by atoms with Gasteiger partial charge in [-0.2, -0.15) is 0 Å². The topological polar surface area (TPSA) is 136 Å². The van der Waals surface area contributed by atoms with E-state index in [9.17, 15) is 19.8 Å². The largest absolute Gasteiger partial charge is 0.491 e. The Morgan fingerprint density at radius 1 is 0.750 bits per heavy atom. The SMILES string of the molecule is CCOC(=O)C(CC(=O)OCCc1ccc(OCC(O)CNC(C)(C)C)cc1)c1ccc(OCC(O)CNC(C)(C)C)cc1. The van der Waals surface area contributed by atoms with Crippen LogP contribution in [-0.2, 0) is 25.5 Å². The van der Waals surface area contributed by atoms with E-state index < -0.39 is 30.1 Å². The Hall–Kier alpha value is -3.18. The van der Waals surface area contributed by atoms with Crippen LogP contribution in [-0.4, -0.2) is 85.0 Å². The molecule has 0 aliphatic carbocycles. The second kappa shape index (κ2) is 17.9. The number of benzene rings is 2. The standard InChI is InChI=1S/C34H52N2O8/c1-8-41-32(40)30(25-11-15-29(16-12-25)44-23-27(38)21-36-34(5,6)7)19-31(39)42-18-17-24-9-13-28(14-10-24)43-22-26(37)20-35-33(2,3)4/h9-16,26-27,30,35-38H,8,17-23H2,1-7H3. The fraction of sp³-hybridized carbons (Fsp3) is 0.588. The van der Waals surface area contributed by atoms with Crippen molar-refractivity contribution in [3.05, 3.63) is 59.7 Å². The Bertz CT molecular complexity index is 1120. The highest BCUT2D eigenvalue weighted by Crippen LogP contribution is 2.25. The monoisotopic (exact) mass is 616 g/mol. The summed E-state index contributed by atoms with van der Waals surface area (Å²) in [7, 11) is 0. The Morgan fingerprint density at radius 3 is 1.68 bits per heavy atom. The summed E-state index contributed by atoms with van der Waals surface area (Å²) in [5, 5.41) is 26.7. The van der Waals surface area contributed by atoms with Crippen LogP contribution < -0.4 is 20.1 Å². The van der Waals surface area contributed by atoms with E-state index in [1.165, 1.54) is 0 Å². The molecule has 0 amide bonds. The van der Waals surface area contributed by atoms with E-state index in [0.717, 1.165) is 5.56 Å². The van der Waals surface area contributed by atoms with Crippen LogP contribution in [0.25, 0.3) is 0 Å². The predicted molar refractivity (Wildman–Crippen MR) is 170 cm³/mol. The van der Waals surface area contributed by atoms with Gasteiger partial charge < -0.3 is 39.8 Å². The lowest BCUT2D eigenvalue weighted by Crippen LogP contribution is -2.42.